The number of methoxy groups -OCH3 is 1. The van der Waals surface area contributed by atoms with E-state index >= 15 is 0 Å². The van der Waals surface area contributed by atoms with E-state index in [2.05, 4.69) is 36.7 Å². The molecule has 0 aliphatic rings. The second-order valence-corrected chi connectivity index (χ2v) is 5.14. The monoisotopic (exact) mass is 306 g/mol. The Morgan fingerprint density at radius 1 is 1.23 bits per heavy atom. The standard InChI is InChI=1S/C18H30N2O2/c1-5-13-22-17-10-9-16(14-18(17)21-4)15-19-11-8-12-20(6-2)7-3/h5,9-10,14,19H,1,6-8,11-13,15H2,2-4H3. The average molecular weight is 306 g/mol. The van der Waals surface area contributed by atoms with Crippen LogP contribution in [0, 0.1) is 0 Å². The molecule has 22 heavy (non-hydrogen) atoms. The summed E-state index contributed by atoms with van der Waals surface area (Å²) in [6.07, 6.45) is 2.89. The van der Waals surface area contributed by atoms with Crippen LogP contribution in [0.4, 0.5) is 0 Å². The molecular weight excluding hydrogens is 276 g/mol. The van der Waals surface area contributed by atoms with Gasteiger partial charge in [0.15, 0.2) is 11.5 Å². The largest absolute Gasteiger partial charge is 0.493 e. The molecule has 1 aromatic carbocycles. The van der Waals surface area contributed by atoms with Crippen molar-refractivity contribution >= 4 is 0 Å². The highest BCUT2D eigenvalue weighted by Crippen LogP contribution is 2.27. The molecule has 0 unspecified atom stereocenters. The number of rotatable bonds is 12. The van der Waals surface area contributed by atoms with E-state index in [-0.39, 0.29) is 0 Å². The fourth-order valence-corrected chi connectivity index (χ4v) is 2.29. The van der Waals surface area contributed by atoms with Crippen molar-refractivity contribution in [3.63, 3.8) is 0 Å². The Kier molecular flexibility index (Phi) is 9.35. The van der Waals surface area contributed by atoms with Crippen LogP contribution < -0.4 is 14.8 Å². The Balaban J connectivity index is 2.38. The van der Waals surface area contributed by atoms with Crippen molar-refractivity contribution in [3.05, 3.63) is 36.4 Å². The molecule has 0 radical (unpaired) electrons. The number of nitrogens with zero attached hydrogens (tertiary/aromatic N) is 1. The highest BCUT2D eigenvalue weighted by atomic mass is 16.5. The van der Waals surface area contributed by atoms with Crippen LogP contribution in [0.1, 0.15) is 25.8 Å². The molecule has 0 aromatic heterocycles. The predicted octanol–water partition coefficient (Wildman–Crippen LogP) is 3.08. The number of ether oxygens (including phenoxy) is 2. The maximum Gasteiger partial charge on any atom is 0.161 e. The fraction of sp³-hybridized carbons (Fsp3) is 0.556. The first kappa shape index (κ1) is 18.5. The highest BCUT2D eigenvalue weighted by Gasteiger charge is 2.05. The zero-order chi connectivity index (χ0) is 16.2. The molecule has 1 N–H and O–H groups in total. The Labute approximate surface area is 135 Å². The SMILES string of the molecule is C=CCOc1ccc(CNCCCN(CC)CC)cc1OC. The van der Waals surface area contributed by atoms with E-state index in [1.807, 2.05) is 12.1 Å². The molecule has 0 atom stereocenters. The van der Waals surface area contributed by atoms with Gasteiger partial charge in [0, 0.05) is 6.54 Å². The Morgan fingerprint density at radius 3 is 2.64 bits per heavy atom. The van der Waals surface area contributed by atoms with Crippen LogP contribution in [-0.2, 0) is 6.54 Å². The summed E-state index contributed by atoms with van der Waals surface area (Å²) in [5, 5.41) is 3.48. The van der Waals surface area contributed by atoms with Crippen molar-refractivity contribution in [2.45, 2.75) is 26.8 Å². The molecular formula is C18H30N2O2. The Morgan fingerprint density at radius 2 is 2.00 bits per heavy atom. The van der Waals surface area contributed by atoms with Gasteiger partial charge in [0.2, 0.25) is 0 Å². The third-order valence-corrected chi connectivity index (χ3v) is 3.64. The van der Waals surface area contributed by atoms with Gasteiger partial charge in [-0.25, -0.2) is 0 Å². The maximum absolute atomic E-state index is 5.56. The van der Waals surface area contributed by atoms with Crippen LogP contribution in [0.5, 0.6) is 11.5 Å². The van der Waals surface area contributed by atoms with E-state index in [4.69, 9.17) is 9.47 Å². The van der Waals surface area contributed by atoms with E-state index in [0.29, 0.717) is 6.61 Å². The molecule has 0 bridgehead atoms. The lowest BCUT2D eigenvalue weighted by molar-refractivity contribution is 0.298. The Hall–Kier alpha value is -1.52. The number of nitrogens with one attached hydrogen (secondary N) is 1. The van der Waals surface area contributed by atoms with E-state index in [9.17, 15) is 0 Å². The second kappa shape index (κ2) is 11.1. The molecule has 0 amide bonds. The van der Waals surface area contributed by atoms with Crippen LogP contribution in [0.2, 0.25) is 0 Å². The number of hydrogen-bond acceptors (Lipinski definition) is 4. The molecule has 124 valence electrons. The quantitative estimate of drug-likeness (QED) is 0.475. The lowest BCUT2D eigenvalue weighted by Gasteiger charge is -2.17. The minimum absolute atomic E-state index is 0.485. The Bertz CT molecular complexity index is 431. The molecule has 0 aliphatic carbocycles. The van der Waals surface area contributed by atoms with Crippen molar-refractivity contribution in [3.8, 4) is 11.5 Å². The number of hydrogen-bond donors (Lipinski definition) is 1. The zero-order valence-electron chi connectivity index (χ0n) is 14.2. The number of benzene rings is 1. The van der Waals surface area contributed by atoms with Gasteiger partial charge in [-0.1, -0.05) is 32.6 Å². The zero-order valence-corrected chi connectivity index (χ0v) is 14.2. The summed E-state index contributed by atoms with van der Waals surface area (Å²) >= 11 is 0. The van der Waals surface area contributed by atoms with Gasteiger partial charge in [-0.3, -0.25) is 0 Å². The first-order chi connectivity index (χ1) is 10.7. The van der Waals surface area contributed by atoms with Gasteiger partial charge in [0.05, 0.1) is 7.11 Å². The minimum Gasteiger partial charge on any atom is -0.493 e. The first-order valence-corrected chi connectivity index (χ1v) is 8.08. The molecule has 0 fully saturated rings. The molecule has 4 heteroatoms. The van der Waals surface area contributed by atoms with Gasteiger partial charge in [-0.2, -0.15) is 0 Å². The van der Waals surface area contributed by atoms with Crippen LogP contribution in [0.25, 0.3) is 0 Å². The fourth-order valence-electron chi connectivity index (χ4n) is 2.29. The lowest BCUT2D eigenvalue weighted by atomic mass is 10.2. The van der Waals surface area contributed by atoms with Crippen LogP contribution in [-0.4, -0.2) is 44.8 Å². The predicted molar refractivity (Wildman–Crippen MR) is 92.8 cm³/mol. The summed E-state index contributed by atoms with van der Waals surface area (Å²) in [5.41, 5.74) is 1.20. The van der Waals surface area contributed by atoms with Gasteiger partial charge < -0.3 is 19.7 Å². The topological polar surface area (TPSA) is 33.7 Å². The van der Waals surface area contributed by atoms with Crippen molar-refractivity contribution < 1.29 is 9.47 Å². The van der Waals surface area contributed by atoms with Crippen molar-refractivity contribution in [1.82, 2.24) is 10.2 Å². The molecule has 1 rings (SSSR count). The van der Waals surface area contributed by atoms with Gasteiger partial charge in [-0.05, 0) is 50.3 Å². The molecule has 0 saturated carbocycles. The second-order valence-electron chi connectivity index (χ2n) is 5.14. The van der Waals surface area contributed by atoms with Crippen molar-refractivity contribution in [1.29, 1.82) is 0 Å². The van der Waals surface area contributed by atoms with E-state index in [0.717, 1.165) is 44.2 Å². The molecule has 4 nitrogen and oxygen atoms in total. The van der Waals surface area contributed by atoms with Crippen molar-refractivity contribution in [2.24, 2.45) is 0 Å². The summed E-state index contributed by atoms with van der Waals surface area (Å²) in [7, 11) is 1.66. The van der Waals surface area contributed by atoms with Gasteiger partial charge >= 0.3 is 0 Å². The van der Waals surface area contributed by atoms with Gasteiger partial charge in [0.1, 0.15) is 6.61 Å². The summed E-state index contributed by atoms with van der Waals surface area (Å²) in [4.78, 5) is 2.44. The normalized spacial score (nSPS) is 10.7. The third kappa shape index (κ3) is 6.50. The van der Waals surface area contributed by atoms with Crippen molar-refractivity contribution in [2.75, 3.05) is 39.9 Å². The average Bonchev–Trinajstić information content (AvgIpc) is 2.56. The van der Waals surface area contributed by atoms with Crippen LogP contribution in [0.15, 0.2) is 30.9 Å². The summed E-state index contributed by atoms with van der Waals surface area (Å²) in [6, 6.07) is 6.05. The van der Waals surface area contributed by atoms with Gasteiger partial charge in [0.25, 0.3) is 0 Å². The maximum atomic E-state index is 5.56. The molecule has 0 saturated heterocycles. The summed E-state index contributed by atoms with van der Waals surface area (Å²) in [5.74, 6) is 1.52. The molecule has 0 heterocycles. The lowest BCUT2D eigenvalue weighted by Crippen LogP contribution is -2.27. The first-order valence-electron chi connectivity index (χ1n) is 8.08. The molecule has 0 aliphatic heterocycles. The third-order valence-electron chi connectivity index (χ3n) is 3.64. The summed E-state index contributed by atoms with van der Waals surface area (Å²) in [6.45, 7) is 13.8. The van der Waals surface area contributed by atoms with E-state index < -0.39 is 0 Å². The minimum atomic E-state index is 0.485. The van der Waals surface area contributed by atoms with Crippen LogP contribution in [0.3, 0.4) is 0 Å². The van der Waals surface area contributed by atoms with E-state index in [1.54, 1.807) is 13.2 Å². The molecule has 1 aromatic rings. The van der Waals surface area contributed by atoms with E-state index in [1.165, 1.54) is 12.0 Å². The smallest absolute Gasteiger partial charge is 0.161 e. The van der Waals surface area contributed by atoms with Crippen LogP contribution >= 0.6 is 0 Å². The summed E-state index contributed by atoms with van der Waals surface area (Å²) < 4.78 is 10.9. The molecule has 0 spiro atoms. The highest BCUT2D eigenvalue weighted by molar-refractivity contribution is 5.43. The van der Waals surface area contributed by atoms with Gasteiger partial charge in [-0.15, -0.1) is 0 Å².